The molecule has 4 aromatic carbocycles. The minimum atomic E-state index is -5.08. The van der Waals surface area contributed by atoms with E-state index in [1.807, 2.05) is 98.1 Å². The SMILES string of the molecule is CC(C)(C)OC(=O)N[C@@H]1CO[C@H]2[C@@H]1OC[C@@H]2Nc1nc2nc(-c3ccc(-c4ccccc4)cc3)c(Cl)cc2n1COCC[Si](C)(C)C.N[C@@H]1CO[C@H]2[C@@H]1OC[C@@H]2Nc1nc2nc(-c3ccc(-c4ccccc4)cc3)c(Cl)cc2[nH]1.O=C(O)C(F)(F)F. The Morgan fingerprint density at radius 2 is 1.15 bits per heavy atom. The molecule has 19 nitrogen and oxygen atoms in total. The van der Waals surface area contributed by atoms with E-state index in [4.69, 9.17) is 82.2 Å². The predicted molar refractivity (Wildman–Crippen MR) is 326 cm³/mol. The van der Waals surface area contributed by atoms with Crippen molar-refractivity contribution >= 4 is 77.6 Å². The molecule has 0 spiro atoms. The van der Waals surface area contributed by atoms with Crippen LogP contribution in [0.5, 0.6) is 0 Å². The molecule has 0 radical (unpaired) electrons. The summed E-state index contributed by atoms with van der Waals surface area (Å²) in [6.45, 7) is 15.2. The van der Waals surface area contributed by atoms with Crippen molar-refractivity contribution in [2.45, 2.75) is 114 Å². The van der Waals surface area contributed by atoms with Gasteiger partial charge < -0.3 is 60.2 Å². The van der Waals surface area contributed by atoms with Crippen LogP contribution in [-0.2, 0) is 39.9 Å². The maximum Gasteiger partial charge on any atom is 0.490 e. The summed E-state index contributed by atoms with van der Waals surface area (Å²) in [5.74, 6) is -1.56. The average molecular weight is 1240 g/mol. The number of hydrogen-bond acceptors (Lipinski definition) is 15. The van der Waals surface area contributed by atoms with Crippen molar-refractivity contribution in [3.63, 3.8) is 0 Å². The first-order chi connectivity index (χ1) is 40.9. The number of fused-ring (bicyclic) bond motifs is 4. The molecular formula is C61H67Cl2F3N10O9Si. The minimum absolute atomic E-state index is 0.0189. The van der Waals surface area contributed by atoms with Crippen molar-refractivity contribution in [1.82, 2.24) is 34.8 Å². The summed E-state index contributed by atoms with van der Waals surface area (Å²) in [6, 6.07) is 41.1. The summed E-state index contributed by atoms with van der Waals surface area (Å²) in [7, 11) is -1.27. The molecule has 8 aromatic rings. The van der Waals surface area contributed by atoms with E-state index in [1.165, 1.54) is 5.56 Å². The van der Waals surface area contributed by atoms with Crippen LogP contribution in [0.1, 0.15) is 20.8 Å². The zero-order valence-corrected chi connectivity index (χ0v) is 50.5. The number of benzene rings is 4. The Kier molecular flexibility index (Phi) is 18.7. The number of alkyl halides is 3. The van der Waals surface area contributed by atoms with E-state index < -0.39 is 31.9 Å². The molecule has 454 valence electrons. The number of hydrogen-bond donors (Lipinski definition) is 6. The first-order valence-electron chi connectivity index (χ1n) is 28.0. The Balaban J connectivity index is 0.000000181. The number of aromatic nitrogens is 6. The summed E-state index contributed by atoms with van der Waals surface area (Å²) in [5, 5.41) is 18.0. The Morgan fingerprint density at radius 1 is 0.674 bits per heavy atom. The van der Waals surface area contributed by atoms with E-state index in [1.54, 1.807) is 0 Å². The zero-order chi connectivity index (χ0) is 61.1. The first kappa shape index (κ1) is 61.9. The molecule has 0 aliphatic carbocycles. The van der Waals surface area contributed by atoms with Crippen molar-refractivity contribution in [2.24, 2.45) is 5.73 Å². The quantitative estimate of drug-likeness (QED) is 0.0438. The third kappa shape index (κ3) is 15.0. The zero-order valence-electron chi connectivity index (χ0n) is 48.0. The van der Waals surface area contributed by atoms with Gasteiger partial charge in [0.25, 0.3) is 0 Å². The highest BCUT2D eigenvalue weighted by molar-refractivity contribution is 6.76. The van der Waals surface area contributed by atoms with Crippen LogP contribution in [0.2, 0.25) is 35.7 Å². The van der Waals surface area contributed by atoms with Crippen molar-refractivity contribution in [2.75, 3.05) is 43.7 Å². The highest BCUT2D eigenvalue weighted by Gasteiger charge is 2.49. The summed E-state index contributed by atoms with van der Waals surface area (Å²) in [5.41, 5.74) is 15.9. The summed E-state index contributed by atoms with van der Waals surface area (Å²) in [6.07, 6.45) is -6.32. The van der Waals surface area contributed by atoms with Gasteiger partial charge in [0, 0.05) is 25.8 Å². The molecule has 25 heteroatoms. The van der Waals surface area contributed by atoms with Crippen LogP contribution in [0, 0.1) is 0 Å². The number of aliphatic carboxylic acids is 1. The molecule has 7 N–H and O–H groups in total. The van der Waals surface area contributed by atoms with Gasteiger partial charge in [-0.25, -0.2) is 19.6 Å². The number of nitrogens with one attached hydrogen (secondary N) is 4. The van der Waals surface area contributed by atoms with E-state index in [2.05, 4.69) is 94.1 Å². The summed E-state index contributed by atoms with van der Waals surface area (Å²) in [4.78, 5) is 43.8. The molecule has 4 aromatic heterocycles. The Bertz CT molecular complexity index is 3650. The van der Waals surface area contributed by atoms with Gasteiger partial charge in [-0.2, -0.15) is 23.1 Å². The average Bonchev–Trinajstić information content (AvgIpc) is 1.98. The first-order valence-corrected chi connectivity index (χ1v) is 32.5. The molecule has 8 atom stereocenters. The number of amides is 1. The lowest BCUT2D eigenvalue weighted by Gasteiger charge is -2.23. The number of nitrogens with zero attached hydrogens (tertiary/aromatic N) is 5. The molecule has 86 heavy (non-hydrogen) atoms. The van der Waals surface area contributed by atoms with Gasteiger partial charge in [0.2, 0.25) is 11.9 Å². The number of pyridine rings is 2. The molecule has 1 amide bonds. The van der Waals surface area contributed by atoms with Crippen molar-refractivity contribution < 1.29 is 56.3 Å². The lowest BCUT2D eigenvalue weighted by molar-refractivity contribution is -0.192. The maximum absolute atomic E-state index is 12.4. The number of aromatic amines is 1. The smallest absolute Gasteiger partial charge is 0.475 e. The fourth-order valence-corrected chi connectivity index (χ4v) is 11.6. The van der Waals surface area contributed by atoms with E-state index in [0.29, 0.717) is 77.7 Å². The molecule has 0 bridgehead atoms. The monoisotopic (exact) mass is 1240 g/mol. The second-order valence-electron chi connectivity index (χ2n) is 23.4. The summed E-state index contributed by atoms with van der Waals surface area (Å²) < 4.78 is 69.2. The third-order valence-corrected chi connectivity index (χ3v) is 16.9. The fraction of sp³-hybridized carbons (Fsp3) is 0.377. The number of anilines is 2. The summed E-state index contributed by atoms with van der Waals surface area (Å²) >= 11 is 13.5. The molecule has 12 rings (SSSR count). The van der Waals surface area contributed by atoms with Gasteiger partial charge in [0.1, 0.15) is 36.7 Å². The number of ether oxygens (including phenoxy) is 6. The number of carboxylic acids is 1. The van der Waals surface area contributed by atoms with Gasteiger partial charge in [-0.05, 0) is 61.2 Å². The molecule has 0 saturated carbocycles. The lowest BCUT2D eigenvalue weighted by atomic mass is 10.0. The molecule has 8 heterocycles. The van der Waals surface area contributed by atoms with Crippen LogP contribution < -0.4 is 21.7 Å². The van der Waals surface area contributed by atoms with Crippen molar-refractivity contribution in [1.29, 1.82) is 0 Å². The molecule has 0 unspecified atom stereocenters. The normalized spacial score (nSPS) is 21.7. The standard InChI is InChI=1S/C35H44ClN5O5Si.C24H22ClN5O2.C2HF3O2/c1-35(2,3)46-34(42)38-27-20-45-30-26(19-44-31(27)30)37-33-40-32-28(41(33)21-43-16-17-47(4,5)6)18-25(36)29(39-32)24-14-12-23(13-15-24)22-10-8-7-9-11-22;25-16-10-18-23(30-24(27-18)28-19-12-32-21-17(26)11-31-22(19)21)29-20(16)15-8-6-14(7-9-15)13-4-2-1-3-5-13;3-2(4,5)1(6)7/h7-15,18,26-27,30-31H,16-17,19-21H2,1-6H3,(H,38,42)(H,37,39,40);1-10,17,19,21-22H,11-12,26H2,(H2,27,28,29,30);(H,6,7)/t26-,27+,30+,31+;17-,19+,21-,22-;/m01./s1. The van der Waals surface area contributed by atoms with E-state index in [0.717, 1.165) is 44.9 Å². The number of carbonyl (C=O) groups is 2. The number of nitrogens with two attached hydrogens (primary N) is 1. The van der Waals surface area contributed by atoms with Gasteiger partial charge in [-0.15, -0.1) is 0 Å². The topological polar surface area (TPSA) is 244 Å². The Labute approximate surface area is 505 Å². The largest absolute Gasteiger partial charge is 0.490 e. The van der Waals surface area contributed by atoms with Gasteiger partial charge in [-0.1, -0.05) is 152 Å². The molecule has 4 aliphatic heterocycles. The number of alkyl carbamates (subject to hydrolysis) is 1. The number of H-pyrrole nitrogens is 1. The Morgan fingerprint density at radius 3 is 1.71 bits per heavy atom. The highest BCUT2D eigenvalue weighted by Crippen LogP contribution is 2.36. The third-order valence-electron chi connectivity index (χ3n) is 14.6. The number of carboxylic acid groups (broad SMARTS) is 1. The van der Waals surface area contributed by atoms with Crippen LogP contribution in [0.15, 0.2) is 121 Å². The lowest BCUT2D eigenvalue weighted by Crippen LogP contribution is -2.46. The predicted octanol–water partition coefficient (Wildman–Crippen LogP) is 11.7. The van der Waals surface area contributed by atoms with E-state index >= 15 is 0 Å². The van der Waals surface area contributed by atoms with Crippen LogP contribution >= 0.6 is 23.2 Å². The molecule has 4 fully saturated rings. The number of carbonyl (C=O) groups excluding carboxylic acids is 1. The number of halogens is 5. The van der Waals surface area contributed by atoms with Crippen LogP contribution in [-0.4, -0.2) is 148 Å². The van der Waals surface area contributed by atoms with Crippen LogP contribution in [0.4, 0.5) is 29.9 Å². The number of imidazole rings is 2. The van der Waals surface area contributed by atoms with Crippen LogP contribution in [0.3, 0.4) is 0 Å². The minimum Gasteiger partial charge on any atom is -0.475 e. The van der Waals surface area contributed by atoms with Gasteiger partial charge in [-0.3, -0.25) is 4.57 Å². The van der Waals surface area contributed by atoms with E-state index in [9.17, 15) is 18.0 Å². The molecular weight excluding hydrogens is 1170 g/mol. The Hall–Kier alpha value is -7.19. The van der Waals surface area contributed by atoms with Crippen molar-refractivity contribution in [3.8, 4) is 44.8 Å². The number of rotatable bonds is 14. The highest BCUT2D eigenvalue weighted by atomic mass is 35.5. The fourth-order valence-electron chi connectivity index (χ4n) is 10.3. The molecule has 4 saturated heterocycles. The second kappa shape index (κ2) is 26.0. The maximum atomic E-state index is 12.4. The van der Waals surface area contributed by atoms with Crippen LogP contribution in [0.25, 0.3) is 67.1 Å². The van der Waals surface area contributed by atoms with Gasteiger partial charge in [0.05, 0.1) is 83.1 Å². The van der Waals surface area contributed by atoms with Gasteiger partial charge >= 0.3 is 18.2 Å². The van der Waals surface area contributed by atoms with Crippen molar-refractivity contribution in [3.05, 3.63) is 131 Å². The van der Waals surface area contributed by atoms with E-state index in [-0.39, 0.29) is 55.3 Å². The van der Waals surface area contributed by atoms with Gasteiger partial charge in [0.15, 0.2) is 11.3 Å². The molecule has 4 aliphatic rings. The second-order valence-corrected chi connectivity index (χ2v) is 29.9.